The van der Waals surface area contributed by atoms with Crippen molar-refractivity contribution in [3.63, 3.8) is 0 Å². The number of ether oxygens (including phenoxy) is 1. The average molecular weight is 411 g/mol. The van der Waals surface area contributed by atoms with Gasteiger partial charge in [0.25, 0.3) is 0 Å². The third kappa shape index (κ3) is 2.80. The first kappa shape index (κ1) is 20.7. The van der Waals surface area contributed by atoms with Crippen LogP contribution in [0.5, 0.6) is 0 Å². The van der Waals surface area contributed by atoms with Crippen LogP contribution in [0.4, 0.5) is 0 Å². The third-order valence-corrected chi connectivity index (χ3v) is 10.1. The summed E-state index contributed by atoms with van der Waals surface area (Å²) in [7, 11) is 0. The van der Waals surface area contributed by atoms with Gasteiger partial charge in [0.2, 0.25) is 0 Å². The molecule has 0 aromatic rings. The number of Topliss-reactive ketones (excluding diaryl/α,β-unsaturated/α-hetero) is 1. The molecule has 5 rings (SSSR count). The van der Waals surface area contributed by atoms with Crippen LogP contribution in [0.15, 0.2) is 23.8 Å². The monoisotopic (exact) mass is 410 g/mol. The van der Waals surface area contributed by atoms with Gasteiger partial charge in [-0.25, -0.2) is 0 Å². The molecule has 3 nitrogen and oxygen atoms in total. The van der Waals surface area contributed by atoms with E-state index in [2.05, 4.69) is 32.9 Å². The first-order valence-corrected chi connectivity index (χ1v) is 12.3. The molecule has 1 aliphatic heterocycles. The van der Waals surface area contributed by atoms with Crippen molar-refractivity contribution < 1.29 is 14.3 Å². The predicted octanol–water partition coefficient (Wildman–Crippen LogP) is 5.54. The van der Waals surface area contributed by atoms with Gasteiger partial charge in [-0.1, -0.05) is 46.8 Å². The number of rotatable bonds is 5. The molecule has 4 aliphatic carbocycles. The number of ketones is 2. The Morgan fingerprint density at radius 3 is 2.67 bits per heavy atom. The van der Waals surface area contributed by atoms with E-state index in [1.54, 1.807) is 0 Å². The number of carbonyl (C=O) groups excluding carboxylic acids is 2. The zero-order valence-corrected chi connectivity index (χ0v) is 19.3. The Morgan fingerprint density at radius 1 is 1.17 bits per heavy atom. The van der Waals surface area contributed by atoms with E-state index in [-0.39, 0.29) is 29.3 Å². The Morgan fingerprint density at radius 2 is 1.93 bits per heavy atom. The number of epoxide rings is 1. The minimum absolute atomic E-state index is 0.00666. The molecule has 0 bridgehead atoms. The molecule has 0 aromatic carbocycles. The molecule has 0 N–H and O–H groups in total. The molecule has 0 spiro atoms. The van der Waals surface area contributed by atoms with Crippen molar-refractivity contribution in [1.82, 2.24) is 0 Å². The first-order chi connectivity index (χ1) is 14.2. The molecular formula is C27H38O3. The summed E-state index contributed by atoms with van der Waals surface area (Å²) in [6, 6.07) is 0. The van der Waals surface area contributed by atoms with Crippen LogP contribution >= 0.6 is 0 Å². The van der Waals surface area contributed by atoms with E-state index in [1.165, 1.54) is 31.3 Å². The molecule has 5 aliphatic rings. The lowest BCUT2D eigenvalue weighted by Crippen LogP contribution is -2.51. The predicted molar refractivity (Wildman–Crippen MR) is 118 cm³/mol. The van der Waals surface area contributed by atoms with Gasteiger partial charge in [0.15, 0.2) is 5.78 Å². The fourth-order valence-corrected chi connectivity index (χ4v) is 8.21. The molecule has 1 unspecified atom stereocenters. The fraction of sp³-hybridized carbons (Fsp3) is 0.778. The number of allylic oxidation sites excluding steroid dienone is 2. The van der Waals surface area contributed by atoms with E-state index in [0.29, 0.717) is 34.9 Å². The quantitative estimate of drug-likeness (QED) is 0.559. The van der Waals surface area contributed by atoms with Crippen molar-refractivity contribution in [2.75, 3.05) is 0 Å². The normalized spacial score (nSPS) is 47.1. The van der Waals surface area contributed by atoms with E-state index in [0.717, 1.165) is 18.8 Å². The molecule has 0 radical (unpaired) electrons. The highest BCUT2D eigenvalue weighted by Crippen LogP contribution is 2.68. The third-order valence-electron chi connectivity index (χ3n) is 10.1. The molecule has 1 heterocycles. The molecule has 164 valence electrons. The summed E-state index contributed by atoms with van der Waals surface area (Å²) in [5, 5.41) is 0. The van der Waals surface area contributed by atoms with Gasteiger partial charge < -0.3 is 4.74 Å². The number of hydrogen-bond acceptors (Lipinski definition) is 3. The Hall–Kier alpha value is -1.22. The molecule has 0 amide bonds. The largest absolute Gasteiger partial charge is 0.360 e. The van der Waals surface area contributed by atoms with Crippen molar-refractivity contribution in [3.8, 4) is 0 Å². The summed E-state index contributed by atoms with van der Waals surface area (Å²) in [5.41, 5.74) is 1.59. The van der Waals surface area contributed by atoms with Crippen LogP contribution in [0.1, 0.15) is 73.1 Å². The lowest BCUT2D eigenvalue weighted by atomic mass is 9.48. The molecule has 30 heavy (non-hydrogen) atoms. The SMILES string of the molecule is CC(C)C(=O)CC[C@@H](C)[C@H]1CC[C@H]2[C@@H]3C=CC4=CC(=O)[C@@H]5OC5[C@]4(C)[C@H]3CC[C@]12C. The van der Waals surface area contributed by atoms with Gasteiger partial charge in [0, 0.05) is 17.8 Å². The Balaban J connectivity index is 1.37. The van der Waals surface area contributed by atoms with Crippen LogP contribution in [0.25, 0.3) is 0 Å². The van der Waals surface area contributed by atoms with Crippen LogP contribution in [-0.4, -0.2) is 23.8 Å². The van der Waals surface area contributed by atoms with Gasteiger partial charge >= 0.3 is 0 Å². The summed E-state index contributed by atoms with van der Waals surface area (Å²) in [6.07, 6.45) is 13.4. The van der Waals surface area contributed by atoms with E-state index in [1.807, 2.05) is 19.9 Å². The maximum absolute atomic E-state index is 12.2. The Kier molecular flexibility index (Phi) is 4.75. The highest BCUT2D eigenvalue weighted by Gasteiger charge is 2.66. The van der Waals surface area contributed by atoms with E-state index in [4.69, 9.17) is 4.74 Å². The summed E-state index contributed by atoms with van der Waals surface area (Å²) >= 11 is 0. The molecule has 9 atom stereocenters. The van der Waals surface area contributed by atoms with E-state index >= 15 is 0 Å². The summed E-state index contributed by atoms with van der Waals surface area (Å²) in [4.78, 5) is 24.4. The number of carbonyl (C=O) groups is 2. The van der Waals surface area contributed by atoms with Gasteiger partial charge in [-0.3, -0.25) is 9.59 Å². The summed E-state index contributed by atoms with van der Waals surface area (Å²) in [5.74, 6) is 3.98. The standard InChI is InChI=1S/C27H38O3/c1-15(2)22(28)11-6-16(3)19-9-10-20-18-8-7-17-14-23(29)24-25(30-24)27(17,5)21(18)12-13-26(19,20)4/h7-8,14-16,18-21,24-25H,6,9-13H2,1-5H3/t16-,18+,19-,20+,21+,24+,25?,26-,27+/m1/s1. The summed E-state index contributed by atoms with van der Waals surface area (Å²) in [6.45, 7) is 11.4. The minimum atomic E-state index is -0.172. The van der Waals surface area contributed by atoms with Gasteiger partial charge in [-0.05, 0) is 78.8 Å². The molecule has 3 fully saturated rings. The highest BCUT2D eigenvalue weighted by molar-refractivity contribution is 5.98. The zero-order valence-electron chi connectivity index (χ0n) is 19.3. The molecule has 2 saturated carbocycles. The second-order valence-electron chi connectivity index (χ2n) is 11.8. The lowest BCUT2D eigenvalue weighted by Gasteiger charge is -2.56. The van der Waals surface area contributed by atoms with Crippen molar-refractivity contribution in [3.05, 3.63) is 23.8 Å². The topological polar surface area (TPSA) is 46.7 Å². The van der Waals surface area contributed by atoms with Crippen LogP contribution in [0.3, 0.4) is 0 Å². The van der Waals surface area contributed by atoms with Crippen molar-refractivity contribution in [2.24, 2.45) is 46.3 Å². The zero-order chi connectivity index (χ0) is 21.4. The first-order valence-electron chi connectivity index (χ1n) is 12.3. The van der Waals surface area contributed by atoms with Gasteiger partial charge in [0.05, 0.1) is 0 Å². The Labute approximate surface area is 181 Å². The Bertz CT molecular complexity index is 822. The fourth-order valence-electron chi connectivity index (χ4n) is 8.21. The van der Waals surface area contributed by atoms with E-state index < -0.39 is 0 Å². The average Bonchev–Trinajstić information content (AvgIpc) is 3.44. The lowest BCUT2D eigenvalue weighted by molar-refractivity contribution is -0.122. The van der Waals surface area contributed by atoms with Crippen LogP contribution in [-0.2, 0) is 14.3 Å². The van der Waals surface area contributed by atoms with E-state index in [9.17, 15) is 9.59 Å². The number of fused-ring (bicyclic) bond motifs is 7. The van der Waals surface area contributed by atoms with Gasteiger partial charge in [-0.2, -0.15) is 0 Å². The second kappa shape index (κ2) is 6.89. The highest BCUT2D eigenvalue weighted by atomic mass is 16.6. The maximum Gasteiger partial charge on any atom is 0.187 e. The smallest absolute Gasteiger partial charge is 0.187 e. The van der Waals surface area contributed by atoms with Crippen LogP contribution in [0, 0.1) is 46.3 Å². The molecule has 1 saturated heterocycles. The maximum atomic E-state index is 12.2. The van der Waals surface area contributed by atoms with Crippen LogP contribution < -0.4 is 0 Å². The second-order valence-corrected chi connectivity index (χ2v) is 11.8. The van der Waals surface area contributed by atoms with Crippen LogP contribution in [0.2, 0.25) is 0 Å². The molecular weight excluding hydrogens is 372 g/mol. The van der Waals surface area contributed by atoms with Crippen molar-refractivity contribution in [1.29, 1.82) is 0 Å². The van der Waals surface area contributed by atoms with Gasteiger partial charge in [0.1, 0.15) is 18.0 Å². The van der Waals surface area contributed by atoms with Crippen molar-refractivity contribution in [2.45, 2.75) is 85.4 Å². The summed E-state index contributed by atoms with van der Waals surface area (Å²) < 4.78 is 5.91. The molecule has 3 heteroatoms. The number of hydrogen-bond donors (Lipinski definition) is 0. The molecule has 0 aromatic heterocycles. The minimum Gasteiger partial charge on any atom is -0.360 e. The van der Waals surface area contributed by atoms with Gasteiger partial charge in [-0.15, -0.1) is 0 Å². The van der Waals surface area contributed by atoms with Crippen molar-refractivity contribution >= 4 is 11.6 Å².